The Hall–Kier alpha value is -0.610. The highest BCUT2D eigenvalue weighted by Gasteiger charge is 2.19. The van der Waals surface area contributed by atoms with Crippen LogP contribution in [0.15, 0.2) is 33.7 Å². The van der Waals surface area contributed by atoms with Crippen LogP contribution in [0.4, 0.5) is 0 Å². The second kappa shape index (κ2) is 5.36. The molecule has 0 aromatic heterocycles. The summed E-state index contributed by atoms with van der Waals surface area (Å²) in [6.45, 7) is 9.26. The zero-order chi connectivity index (χ0) is 13.2. The van der Waals surface area contributed by atoms with E-state index in [1.165, 1.54) is 0 Å². The topological polar surface area (TPSA) is 26.3 Å². The van der Waals surface area contributed by atoms with E-state index in [1.54, 1.807) is 0 Å². The molecule has 0 aliphatic heterocycles. The Morgan fingerprint density at radius 2 is 1.65 bits per heavy atom. The van der Waals surface area contributed by atoms with E-state index in [4.69, 9.17) is 4.74 Å². The quantitative estimate of drug-likeness (QED) is 0.569. The summed E-state index contributed by atoms with van der Waals surface area (Å²) in [6.07, 6.45) is 0. The van der Waals surface area contributed by atoms with E-state index in [-0.39, 0.29) is 0 Å². The fraction of sp³-hybridized carbons (Fsp3) is 0.308. The lowest BCUT2D eigenvalue weighted by molar-refractivity contribution is -0.147. The molecule has 0 bridgehead atoms. The van der Waals surface area contributed by atoms with Gasteiger partial charge in [0.2, 0.25) is 0 Å². The van der Waals surface area contributed by atoms with Gasteiger partial charge in [-0.05, 0) is 44.5 Å². The van der Waals surface area contributed by atoms with E-state index in [1.807, 2.05) is 39.0 Å². The number of rotatable bonds is 2. The van der Waals surface area contributed by atoms with Crippen molar-refractivity contribution in [3.8, 4) is 0 Å². The van der Waals surface area contributed by atoms with Crippen LogP contribution in [0.25, 0.3) is 5.57 Å². The molecule has 0 radical (unpaired) electrons. The summed E-state index contributed by atoms with van der Waals surface area (Å²) in [4.78, 5) is 11.8. The predicted molar refractivity (Wildman–Crippen MR) is 76.7 cm³/mol. The van der Waals surface area contributed by atoms with Gasteiger partial charge in [-0.2, -0.15) is 0 Å². The van der Waals surface area contributed by atoms with E-state index >= 15 is 0 Å². The molecule has 4 heteroatoms. The molecule has 2 nitrogen and oxygen atoms in total. The minimum atomic E-state index is -0.511. The summed E-state index contributed by atoms with van der Waals surface area (Å²) < 4.78 is 7.03. The molecule has 0 saturated carbocycles. The van der Waals surface area contributed by atoms with Crippen LogP contribution >= 0.6 is 31.9 Å². The van der Waals surface area contributed by atoms with Gasteiger partial charge in [-0.3, -0.25) is 0 Å². The van der Waals surface area contributed by atoms with Crippen molar-refractivity contribution < 1.29 is 9.53 Å². The largest absolute Gasteiger partial charge is 0.456 e. The minimum Gasteiger partial charge on any atom is -0.456 e. The molecule has 0 amide bonds. The smallest absolute Gasteiger partial charge is 0.338 e. The molecule has 0 aliphatic carbocycles. The van der Waals surface area contributed by atoms with Crippen LogP contribution < -0.4 is 0 Å². The summed E-state index contributed by atoms with van der Waals surface area (Å²) in [6, 6.07) is 5.56. The highest BCUT2D eigenvalue weighted by molar-refractivity contribution is 9.11. The van der Waals surface area contributed by atoms with Gasteiger partial charge in [0.1, 0.15) is 5.60 Å². The Kier molecular flexibility index (Phi) is 4.55. The molecule has 0 atom stereocenters. The molecule has 1 aromatic rings. The first-order chi connectivity index (χ1) is 7.69. The zero-order valence-electron chi connectivity index (χ0n) is 10.0. The number of halogens is 2. The maximum absolute atomic E-state index is 11.8. The number of carbonyl (C=O) groups excluding carboxylic acids is 1. The lowest BCUT2D eigenvalue weighted by Crippen LogP contribution is -2.24. The Labute approximate surface area is 118 Å². The molecule has 0 heterocycles. The van der Waals surface area contributed by atoms with Gasteiger partial charge in [0, 0.05) is 8.95 Å². The highest BCUT2D eigenvalue weighted by Crippen LogP contribution is 2.25. The summed E-state index contributed by atoms with van der Waals surface area (Å²) in [5.41, 5.74) is 0.575. The molecule has 0 N–H and O–H groups in total. The fourth-order valence-corrected chi connectivity index (χ4v) is 2.48. The molecule has 0 spiro atoms. The van der Waals surface area contributed by atoms with E-state index in [0.29, 0.717) is 5.57 Å². The van der Waals surface area contributed by atoms with Gasteiger partial charge in [-0.1, -0.05) is 38.4 Å². The van der Waals surface area contributed by atoms with Crippen molar-refractivity contribution in [3.05, 3.63) is 39.3 Å². The third-order valence-electron chi connectivity index (χ3n) is 1.86. The van der Waals surface area contributed by atoms with Gasteiger partial charge in [0.05, 0.1) is 5.57 Å². The molecule has 0 unspecified atom stereocenters. The maximum atomic E-state index is 11.8. The third-order valence-corrected chi connectivity index (χ3v) is 2.77. The second-order valence-corrected chi connectivity index (χ2v) is 6.47. The molecule has 1 rings (SSSR count). The normalized spacial score (nSPS) is 11.1. The third kappa shape index (κ3) is 4.64. The van der Waals surface area contributed by atoms with E-state index in [9.17, 15) is 4.79 Å². The van der Waals surface area contributed by atoms with E-state index in [2.05, 4.69) is 38.4 Å². The van der Waals surface area contributed by atoms with Gasteiger partial charge in [-0.15, -0.1) is 0 Å². The van der Waals surface area contributed by atoms with Crippen LogP contribution in [0.5, 0.6) is 0 Å². The Morgan fingerprint density at radius 1 is 1.18 bits per heavy atom. The highest BCUT2D eigenvalue weighted by atomic mass is 79.9. The monoisotopic (exact) mass is 360 g/mol. The molecule has 92 valence electrons. The van der Waals surface area contributed by atoms with Crippen molar-refractivity contribution in [2.45, 2.75) is 26.4 Å². The average Bonchev–Trinajstić information content (AvgIpc) is 2.12. The zero-order valence-corrected chi connectivity index (χ0v) is 13.2. The van der Waals surface area contributed by atoms with Crippen LogP contribution in [-0.4, -0.2) is 11.6 Å². The van der Waals surface area contributed by atoms with Crippen LogP contribution in [-0.2, 0) is 9.53 Å². The summed E-state index contributed by atoms with van der Waals surface area (Å²) in [5, 5.41) is 0. The maximum Gasteiger partial charge on any atom is 0.338 e. The molecular formula is C13H14Br2O2. The molecule has 0 saturated heterocycles. The van der Waals surface area contributed by atoms with E-state index in [0.717, 1.165) is 14.5 Å². The SMILES string of the molecule is C=C(C(=O)OC(C)(C)C)c1cc(Br)cc(Br)c1. The Morgan fingerprint density at radius 3 is 2.06 bits per heavy atom. The fourth-order valence-electron chi connectivity index (χ4n) is 1.19. The molecule has 0 aliphatic rings. The van der Waals surface area contributed by atoms with Crippen molar-refractivity contribution in [2.75, 3.05) is 0 Å². The van der Waals surface area contributed by atoms with Gasteiger partial charge in [0.25, 0.3) is 0 Å². The standard InChI is InChI=1S/C13H14Br2O2/c1-8(12(16)17-13(2,3)4)9-5-10(14)7-11(15)6-9/h5-7H,1H2,2-4H3. The lowest BCUT2D eigenvalue weighted by Gasteiger charge is -2.20. The Bertz CT molecular complexity index is 439. The van der Waals surface area contributed by atoms with Crippen molar-refractivity contribution in [2.24, 2.45) is 0 Å². The van der Waals surface area contributed by atoms with Crippen molar-refractivity contribution in [3.63, 3.8) is 0 Å². The number of ether oxygens (including phenoxy) is 1. The minimum absolute atomic E-state index is 0.349. The first-order valence-electron chi connectivity index (χ1n) is 5.08. The van der Waals surface area contributed by atoms with Crippen LogP contribution in [0.2, 0.25) is 0 Å². The number of esters is 1. The number of hydrogen-bond donors (Lipinski definition) is 0. The molecule has 1 aromatic carbocycles. The number of hydrogen-bond acceptors (Lipinski definition) is 2. The predicted octanol–water partition coefficient (Wildman–Crippen LogP) is 4.57. The average molecular weight is 362 g/mol. The summed E-state index contributed by atoms with van der Waals surface area (Å²) in [5.74, 6) is -0.400. The van der Waals surface area contributed by atoms with Gasteiger partial charge < -0.3 is 4.74 Å². The Balaban J connectivity index is 2.93. The summed E-state index contributed by atoms with van der Waals surface area (Å²) >= 11 is 6.74. The number of benzene rings is 1. The second-order valence-electron chi connectivity index (χ2n) is 4.64. The van der Waals surface area contributed by atoms with Crippen molar-refractivity contribution in [1.29, 1.82) is 0 Å². The van der Waals surface area contributed by atoms with Crippen molar-refractivity contribution in [1.82, 2.24) is 0 Å². The molecular weight excluding hydrogens is 348 g/mol. The first-order valence-corrected chi connectivity index (χ1v) is 6.66. The lowest BCUT2D eigenvalue weighted by atomic mass is 10.1. The van der Waals surface area contributed by atoms with E-state index < -0.39 is 11.6 Å². The first kappa shape index (κ1) is 14.5. The van der Waals surface area contributed by atoms with Crippen molar-refractivity contribution >= 4 is 43.4 Å². The van der Waals surface area contributed by atoms with Crippen LogP contribution in [0, 0.1) is 0 Å². The van der Waals surface area contributed by atoms with Gasteiger partial charge in [0.15, 0.2) is 0 Å². The summed E-state index contributed by atoms with van der Waals surface area (Å²) in [7, 11) is 0. The van der Waals surface area contributed by atoms with Gasteiger partial charge in [-0.25, -0.2) is 4.79 Å². The van der Waals surface area contributed by atoms with Crippen LogP contribution in [0.3, 0.4) is 0 Å². The molecule has 17 heavy (non-hydrogen) atoms. The van der Waals surface area contributed by atoms with Gasteiger partial charge >= 0.3 is 5.97 Å². The number of carbonyl (C=O) groups is 1. The van der Waals surface area contributed by atoms with Crippen LogP contribution in [0.1, 0.15) is 26.3 Å². The molecule has 0 fully saturated rings.